The molecule has 1 aliphatic rings. The number of rotatable bonds is 1. The molecule has 4 heteroatoms. The maximum absolute atomic E-state index is 12.1. The van der Waals surface area contributed by atoms with Gasteiger partial charge in [-0.3, -0.25) is 9.63 Å². The van der Waals surface area contributed by atoms with Gasteiger partial charge >= 0.3 is 5.91 Å². The van der Waals surface area contributed by atoms with Crippen molar-refractivity contribution in [2.75, 3.05) is 13.2 Å². The molecule has 0 N–H and O–H groups in total. The molecule has 0 radical (unpaired) electrons. The molecule has 3 rings (SSSR count). The first-order valence-corrected chi connectivity index (χ1v) is 5.70. The van der Waals surface area contributed by atoms with E-state index < -0.39 is 0 Å². The summed E-state index contributed by atoms with van der Waals surface area (Å²) in [5.41, 5.74) is 1.62. The Kier molecular flexibility index (Phi) is 2.37. The van der Waals surface area contributed by atoms with Crippen LogP contribution in [-0.2, 0) is 4.84 Å². The molecule has 1 saturated heterocycles. The molecule has 2 heterocycles. The third kappa shape index (κ3) is 1.61. The highest BCUT2D eigenvalue weighted by Crippen LogP contribution is 2.26. The number of fused-ring (bicyclic) bond motifs is 1. The lowest BCUT2D eigenvalue weighted by Crippen LogP contribution is -2.26. The van der Waals surface area contributed by atoms with E-state index in [-0.39, 0.29) is 5.91 Å². The highest BCUT2D eigenvalue weighted by atomic mass is 16.7. The fourth-order valence-electron chi connectivity index (χ4n) is 2.10. The predicted molar refractivity (Wildman–Crippen MR) is 62.6 cm³/mol. The summed E-state index contributed by atoms with van der Waals surface area (Å²) in [6, 6.07) is 7.65. The second-order valence-electron chi connectivity index (χ2n) is 4.15. The summed E-state index contributed by atoms with van der Waals surface area (Å²) in [5.74, 6) is 0.198. The number of amides is 1. The van der Waals surface area contributed by atoms with Gasteiger partial charge in [0.2, 0.25) is 0 Å². The lowest BCUT2D eigenvalue weighted by molar-refractivity contribution is -0.0784. The normalized spacial score (nSPS) is 15.7. The number of hydrogen-bond acceptors (Lipinski definition) is 3. The highest BCUT2D eigenvalue weighted by molar-refractivity contribution is 5.98. The molecule has 0 aliphatic carbocycles. The van der Waals surface area contributed by atoms with E-state index >= 15 is 0 Å². The molecular weight excluding hydrogens is 218 g/mol. The van der Waals surface area contributed by atoms with E-state index in [9.17, 15) is 4.79 Å². The SMILES string of the molecule is Cc1c(C(=O)N2CCCO2)oc2ccccc12. The standard InChI is InChI=1S/C13H13NO3/c1-9-10-5-2-3-6-11(10)17-12(9)13(15)14-7-4-8-16-14/h2-3,5-6H,4,7-8H2,1H3. The van der Waals surface area contributed by atoms with Crippen LogP contribution in [0.25, 0.3) is 11.0 Å². The molecule has 0 spiro atoms. The molecule has 1 aromatic heterocycles. The average molecular weight is 231 g/mol. The smallest absolute Gasteiger partial charge is 0.313 e. The van der Waals surface area contributed by atoms with Crippen LogP contribution in [0.2, 0.25) is 0 Å². The Labute approximate surface area is 98.7 Å². The predicted octanol–water partition coefficient (Wildman–Crippen LogP) is 2.52. The van der Waals surface area contributed by atoms with Crippen LogP contribution in [0.3, 0.4) is 0 Å². The van der Waals surface area contributed by atoms with E-state index in [1.54, 1.807) is 0 Å². The third-order valence-electron chi connectivity index (χ3n) is 3.02. The summed E-state index contributed by atoms with van der Waals surface area (Å²) < 4.78 is 5.60. The number of aryl methyl sites for hydroxylation is 1. The van der Waals surface area contributed by atoms with Gasteiger partial charge in [0.15, 0.2) is 5.76 Å². The van der Waals surface area contributed by atoms with Crippen molar-refractivity contribution in [2.45, 2.75) is 13.3 Å². The lowest BCUT2D eigenvalue weighted by atomic mass is 10.1. The minimum Gasteiger partial charge on any atom is -0.451 e. The summed E-state index contributed by atoms with van der Waals surface area (Å²) >= 11 is 0. The number of hydroxylamine groups is 2. The molecule has 0 bridgehead atoms. The van der Waals surface area contributed by atoms with Crippen molar-refractivity contribution in [1.29, 1.82) is 0 Å². The Bertz CT molecular complexity index is 567. The zero-order valence-electron chi connectivity index (χ0n) is 9.60. The molecule has 1 aromatic carbocycles. The molecule has 17 heavy (non-hydrogen) atoms. The minimum absolute atomic E-state index is 0.184. The molecule has 88 valence electrons. The number of benzene rings is 1. The molecular formula is C13H13NO3. The van der Waals surface area contributed by atoms with Crippen LogP contribution in [0.1, 0.15) is 22.5 Å². The van der Waals surface area contributed by atoms with Crippen molar-refractivity contribution in [1.82, 2.24) is 5.06 Å². The first-order valence-electron chi connectivity index (χ1n) is 5.70. The van der Waals surface area contributed by atoms with Gasteiger partial charge in [0.1, 0.15) is 5.58 Å². The third-order valence-corrected chi connectivity index (χ3v) is 3.02. The van der Waals surface area contributed by atoms with Gasteiger partial charge in [-0.25, -0.2) is 5.06 Å². The zero-order chi connectivity index (χ0) is 11.8. The molecule has 1 aliphatic heterocycles. The van der Waals surface area contributed by atoms with Crippen LogP contribution in [0, 0.1) is 6.92 Å². The van der Waals surface area contributed by atoms with E-state index in [1.165, 1.54) is 5.06 Å². The van der Waals surface area contributed by atoms with Crippen LogP contribution in [0.4, 0.5) is 0 Å². The number of carbonyl (C=O) groups excluding carboxylic acids is 1. The van der Waals surface area contributed by atoms with E-state index in [2.05, 4.69) is 0 Å². The first-order chi connectivity index (χ1) is 8.27. The van der Waals surface area contributed by atoms with Crippen molar-refractivity contribution in [3.8, 4) is 0 Å². The van der Waals surface area contributed by atoms with Crippen molar-refractivity contribution < 1.29 is 14.0 Å². The van der Waals surface area contributed by atoms with Crippen molar-refractivity contribution in [3.05, 3.63) is 35.6 Å². The second-order valence-corrected chi connectivity index (χ2v) is 4.15. The number of furan rings is 1. The zero-order valence-corrected chi connectivity index (χ0v) is 9.60. The van der Waals surface area contributed by atoms with Gasteiger partial charge in [-0.1, -0.05) is 18.2 Å². The van der Waals surface area contributed by atoms with Crippen molar-refractivity contribution in [2.24, 2.45) is 0 Å². The van der Waals surface area contributed by atoms with Crippen LogP contribution in [0.5, 0.6) is 0 Å². The highest BCUT2D eigenvalue weighted by Gasteiger charge is 2.26. The van der Waals surface area contributed by atoms with E-state index in [0.29, 0.717) is 18.9 Å². The molecule has 2 aromatic rings. The van der Waals surface area contributed by atoms with Crippen LogP contribution >= 0.6 is 0 Å². The van der Waals surface area contributed by atoms with Crippen molar-refractivity contribution in [3.63, 3.8) is 0 Å². The number of hydrogen-bond donors (Lipinski definition) is 0. The summed E-state index contributed by atoms with van der Waals surface area (Å²) in [6.45, 7) is 3.13. The fourth-order valence-corrected chi connectivity index (χ4v) is 2.10. The van der Waals surface area contributed by atoms with Crippen LogP contribution < -0.4 is 0 Å². The van der Waals surface area contributed by atoms with Gasteiger partial charge < -0.3 is 4.42 Å². The Balaban J connectivity index is 2.05. The minimum atomic E-state index is -0.184. The monoisotopic (exact) mass is 231 g/mol. The molecule has 1 fully saturated rings. The molecule has 0 unspecified atom stereocenters. The van der Waals surface area contributed by atoms with Gasteiger partial charge in [0, 0.05) is 10.9 Å². The van der Waals surface area contributed by atoms with Gasteiger partial charge in [-0.2, -0.15) is 0 Å². The molecule has 0 saturated carbocycles. The van der Waals surface area contributed by atoms with Crippen LogP contribution in [0.15, 0.2) is 28.7 Å². The quantitative estimate of drug-likeness (QED) is 0.757. The number of carbonyl (C=O) groups is 1. The summed E-state index contributed by atoms with van der Waals surface area (Å²) in [7, 11) is 0. The average Bonchev–Trinajstić information content (AvgIpc) is 2.97. The molecule has 0 atom stereocenters. The van der Waals surface area contributed by atoms with Gasteiger partial charge in [0.05, 0.1) is 13.2 Å². The molecule has 1 amide bonds. The summed E-state index contributed by atoms with van der Waals surface area (Å²) in [4.78, 5) is 17.4. The van der Waals surface area contributed by atoms with Gasteiger partial charge in [0.25, 0.3) is 0 Å². The number of para-hydroxylation sites is 1. The van der Waals surface area contributed by atoms with E-state index in [1.807, 2.05) is 31.2 Å². The largest absolute Gasteiger partial charge is 0.451 e. The topological polar surface area (TPSA) is 42.7 Å². The van der Waals surface area contributed by atoms with Crippen molar-refractivity contribution >= 4 is 16.9 Å². The Morgan fingerprint density at radius 1 is 1.35 bits per heavy atom. The Hall–Kier alpha value is -1.81. The maximum Gasteiger partial charge on any atom is 0.313 e. The lowest BCUT2D eigenvalue weighted by Gasteiger charge is -2.11. The summed E-state index contributed by atoms with van der Waals surface area (Å²) in [6.07, 6.45) is 0.880. The Morgan fingerprint density at radius 2 is 2.18 bits per heavy atom. The van der Waals surface area contributed by atoms with Gasteiger partial charge in [-0.05, 0) is 19.4 Å². The first kappa shape index (κ1) is 10.4. The van der Waals surface area contributed by atoms with E-state index in [4.69, 9.17) is 9.25 Å². The van der Waals surface area contributed by atoms with E-state index in [0.717, 1.165) is 23.0 Å². The Morgan fingerprint density at radius 3 is 2.88 bits per heavy atom. The van der Waals surface area contributed by atoms with Gasteiger partial charge in [-0.15, -0.1) is 0 Å². The second kappa shape index (κ2) is 3.89. The fraction of sp³-hybridized carbons (Fsp3) is 0.308. The number of nitrogens with zero attached hydrogens (tertiary/aromatic N) is 1. The maximum atomic E-state index is 12.1. The summed E-state index contributed by atoms with van der Waals surface area (Å²) in [5, 5.41) is 2.36. The molecule has 4 nitrogen and oxygen atoms in total. The van der Waals surface area contributed by atoms with Crippen LogP contribution in [-0.4, -0.2) is 24.1 Å².